The third-order valence-electron chi connectivity index (χ3n) is 1.93. The van der Waals surface area contributed by atoms with Gasteiger partial charge in [0, 0.05) is 12.2 Å². The average Bonchev–Trinajstić information content (AvgIpc) is 1.82. The molecule has 72 valence electrons. The van der Waals surface area contributed by atoms with Crippen LogP contribution in [0.3, 0.4) is 0 Å². The first kappa shape index (κ1) is 10.8. The molecule has 5 heteroatoms. The third kappa shape index (κ3) is 2.36. The first-order valence-corrected chi connectivity index (χ1v) is 7.34. The van der Waals surface area contributed by atoms with Gasteiger partial charge in [0.25, 0.3) is 0 Å². The highest BCUT2D eigenvalue weighted by atomic mass is 35.5. The molecule has 1 heterocycles. The zero-order valence-corrected chi connectivity index (χ0v) is 10.0. The molecule has 2 nitrogen and oxygen atoms in total. The lowest BCUT2D eigenvalue weighted by atomic mass is 10.2. The van der Waals surface area contributed by atoms with Gasteiger partial charge in [-0.15, -0.1) is 23.2 Å². The lowest BCUT2D eigenvalue weighted by Gasteiger charge is -2.39. The maximum absolute atomic E-state index is 5.81. The zero-order chi connectivity index (χ0) is 9.35. The predicted molar refractivity (Wildman–Crippen MR) is 52.8 cm³/mol. The molecule has 0 spiro atoms. The highest BCUT2D eigenvalue weighted by Gasteiger charge is 2.45. The van der Waals surface area contributed by atoms with Crippen molar-refractivity contribution < 1.29 is 8.85 Å². The Kier molecular flexibility index (Phi) is 3.46. The standard InChI is InChI=1S/C7H14Cl2O2Si/c1-5-4-6(2)11-12(3,10-5)7(8)9/h5-7H,4H2,1-3H3. The molecule has 0 aliphatic carbocycles. The fraction of sp³-hybridized carbons (Fsp3) is 1.00. The van der Waals surface area contributed by atoms with E-state index in [2.05, 4.69) is 0 Å². The zero-order valence-electron chi connectivity index (χ0n) is 7.51. The van der Waals surface area contributed by atoms with E-state index in [0.29, 0.717) is 0 Å². The molecule has 2 atom stereocenters. The smallest absolute Gasteiger partial charge is 0.369 e. The van der Waals surface area contributed by atoms with Crippen molar-refractivity contribution >= 4 is 31.8 Å². The van der Waals surface area contributed by atoms with Gasteiger partial charge in [0.15, 0.2) is 4.46 Å². The van der Waals surface area contributed by atoms with E-state index in [1.807, 2.05) is 20.4 Å². The van der Waals surface area contributed by atoms with Crippen molar-refractivity contribution in [2.75, 3.05) is 0 Å². The molecular formula is C7H14Cl2O2Si. The Morgan fingerprint density at radius 3 is 2.00 bits per heavy atom. The van der Waals surface area contributed by atoms with Crippen LogP contribution in [-0.4, -0.2) is 25.2 Å². The summed E-state index contributed by atoms with van der Waals surface area (Å²) in [6.45, 7) is 5.96. The van der Waals surface area contributed by atoms with Gasteiger partial charge < -0.3 is 8.85 Å². The van der Waals surface area contributed by atoms with Crippen LogP contribution in [0.4, 0.5) is 0 Å². The highest BCUT2D eigenvalue weighted by molar-refractivity contribution is 6.84. The molecule has 0 saturated carbocycles. The van der Waals surface area contributed by atoms with E-state index in [0.717, 1.165) is 6.42 Å². The van der Waals surface area contributed by atoms with Crippen LogP contribution in [0.5, 0.6) is 0 Å². The van der Waals surface area contributed by atoms with Crippen LogP contribution in [0, 0.1) is 0 Å². The van der Waals surface area contributed by atoms with Crippen molar-refractivity contribution in [3.8, 4) is 0 Å². The number of alkyl halides is 2. The Morgan fingerprint density at radius 1 is 1.25 bits per heavy atom. The van der Waals surface area contributed by atoms with Gasteiger partial charge >= 0.3 is 8.56 Å². The minimum absolute atomic E-state index is 0.213. The van der Waals surface area contributed by atoms with Crippen molar-refractivity contribution in [1.82, 2.24) is 0 Å². The topological polar surface area (TPSA) is 18.5 Å². The molecule has 12 heavy (non-hydrogen) atoms. The summed E-state index contributed by atoms with van der Waals surface area (Å²) in [5.41, 5.74) is 0. The van der Waals surface area contributed by atoms with E-state index in [4.69, 9.17) is 32.1 Å². The van der Waals surface area contributed by atoms with Crippen LogP contribution in [0.1, 0.15) is 20.3 Å². The molecule has 1 aliphatic heterocycles. The van der Waals surface area contributed by atoms with E-state index in [1.165, 1.54) is 0 Å². The second kappa shape index (κ2) is 3.84. The summed E-state index contributed by atoms with van der Waals surface area (Å²) in [6.07, 6.45) is 1.35. The molecular weight excluding hydrogens is 215 g/mol. The second-order valence-corrected chi connectivity index (χ2v) is 8.32. The van der Waals surface area contributed by atoms with Crippen LogP contribution in [0.15, 0.2) is 0 Å². The van der Waals surface area contributed by atoms with Crippen LogP contribution >= 0.6 is 23.2 Å². The van der Waals surface area contributed by atoms with E-state index in [9.17, 15) is 0 Å². The Balaban J connectivity index is 2.65. The van der Waals surface area contributed by atoms with Crippen LogP contribution in [-0.2, 0) is 8.85 Å². The maximum atomic E-state index is 5.81. The van der Waals surface area contributed by atoms with Gasteiger partial charge in [0.1, 0.15) is 0 Å². The predicted octanol–water partition coefficient (Wildman–Crippen LogP) is 2.62. The highest BCUT2D eigenvalue weighted by Crippen LogP contribution is 2.30. The van der Waals surface area contributed by atoms with Gasteiger partial charge in [-0.3, -0.25) is 0 Å². The Labute approximate surface area is 84.4 Å². The molecule has 1 saturated heterocycles. The number of hydrogen-bond acceptors (Lipinski definition) is 2. The quantitative estimate of drug-likeness (QED) is 0.508. The largest absolute Gasteiger partial charge is 0.390 e. The first-order valence-electron chi connectivity index (χ1n) is 4.08. The molecule has 0 aromatic heterocycles. The minimum Gasteiger partial charge on any atom is -0.390 e. The summed E-state index contributed by atoms with van der Waals surface area (Å²) >= 11 is 11.6. The summed E-state index contributed by atoms with van der Waals surface area (Å²) in [5, 5.41) is 0. The average molecular weight is 229 g/mol. The van der Waals surface area contributed by atoms with Gasteiger partial charge in [-0.1, -0.05) is 0 Å². The maximum Gasteiger partial charge on any atom is 0.369 e. The monoisotopic (exact) mass is 228 g/mol. The van der Waals surface area contributed by atoms with Gasteiger partial charge in [-0.05, 0) is 26.8 Å². The summed E-state index contributed by atoms with van der Waals surface area (Å²) < 4.78 is 10.8. The summed E-state index contributed by atoms with van der Waals surface area (Å²) in [7, 11) is -2.31. The fourth-order valence-corrected chi connectivity index (χ4v) is 4.16. The lowest BCUT2D eigenvalue weighted by Crippen LogP contribution is -2.54. The van der Waals surface area contributed by atoms with E-state index >= 15 is 0 Å². The fourth-order valence-electron chi connectivity index (χ4n) is 1.49. The SMILES string of the molecule is CC1CC(C)O[Si](C)(C(Cl)Cl)O1. The molecule has 0 aromatic carbocycles. The number of rotatable bonds is 1. The summed E-state index contributed by atoms with van der Waals surface area (Å²) in [5.74, 6) is 0. The molecule has 1 aliphatic rings. The van der Waals surface area contributed by atoms with Crippen molar-refractivity contribution in [3.63, 3.8) is 0 Å². The van der Waals surface area contributed by atoms with Gasteiger partial charge in [0.05, 0.1) is 0 Å². The summed E-state index contributed by atoms with van der Waals surface area (Å²) in [4.78, 5) is 0. The lowest BCUT2D eigenvalue weighted by molar-refractivity contribution is 0.0185. The molecule has 0 N–H and O–H groups in total. The molecule has 2 unspecified atom stereocenters. The number of halogens is 2. The molecule has 1 rings (SSSR count). The van der Waals surface area contributed by atoms with Crippen LogP contribution < -0.4 is 0 Å². The van der Waals surface area contributed by atoms with Gasteiger partial charge in [0.2, 0.25) is 0 Å². The molecule has 0 radical (unpaired) electrons. The molecule has 1 fully saturated rings. The first-order chi connectivity index (χ1) is 5.44. The minimum atomic E-state index is -2.31. The summed E-state index contributed by atoms with van der Waals surface area (Å²) in [6, 6.07) is 0. The third-order valence-corrected chi connectivity index (χ3v) is 6.84. The normalized spacial score (nSPS) is 43.5. The van der Waals surface area contributed by atoms with E-state index < -0.39 is 13.0 Å². The van der Waals surface area contributed by atoms with Crippen molar-refractivity contribution in [1.29, 1.82) is 0 Å². The Bertz CT molecular complexity index is 155. The van der Waals surface area contributed by atoms with Gasteiger partial charge in [-0.2, -0.15) is 0 Å². The van der Waals surface area contributed by atoms with Crippen molar-refractivity contribution in [2.45, 2.75) is 43.5 Å². The van der Waals surface area contributed by atoms with Crippen molar-refractivity contribution in [3.05, 3.63) is 0 Å². The van der Waals surface area contributed by atoms with Crippen LogP contribution in [0.2, 0.25) is 6.55 Å². The molecule has 0 aromatic rings. The molecule has 0 amide bonds. The Hall–Kier alpha value is 0.717. The van der Waals surface area contributed by atoms with Crippen LogP contribution in [0.25, 0.3) is 0 Å². The number of hydrogen-bond donors (Lipinski definition) is 0. The van der Waals surface area contributed by atoms with Crippen molar-refractivity contribution in [2.24, 2.45) is 0 Å². The van der Waals surface area contributed by atoms with Gasteiger partial charge in [-0.25, -0.2) is 0 Å². The Morgan fingerprint density at radius 2 is 1.67 bits per heavy atom. The van der Waals surface area contributed by atoms with E-state index in [1.54, 1.807) is 0 Å². The second-order valence-electron chi connectivity index (χ2n) is 3.41. The van der Waals surface area contributed by atoms with E-state index in [-0.39, 0.29) is 12.2 Å². The molecule has 0 bridgehead atoms.